The fourth-order valence-electron chi connectivity index (χ4n) is 4.22. The van der Waals surface area contributed by atoms with E-state index in [9.17, 15) is 14.7 Å². The Kier molecular flexibility index (Phi) is 4.80. The van der Waals surface area contributed by atoms with E-state index in [1.807, 2.05) is 35.2 Å². The van der Waals surface area contributed by atoms with Gasteiger partial charge in [-0.05, 0) is 25.0 Å². The molecule has 0 unspecified atom stereocenters. The topological polar surface area (TPSA) is 85.8 Å². The van der Waals surface area contributed by atoms with Crippen LogP contribution in [0.2, 0.25) is 0 Å². The predicted octanol–water partition coefficient (Wildman–Crippen LogP) is 0.630. The Morgan fingerprint density at radius 2 is 2.07 bits per heavy atom. The van der Waals surface area contributed by atoms with Crippen LogP contribution in [0.4, 0.5) is 0 Å². The number of carbonyl (C=O) groups is 2. The minimum atomic E-state index is -0.676. The molecule has 0 bridgehead atoms. The van der Waals surface area contributed by atoms with Gasteiger partial charge in [0.05, 0.1) is 24.2 Å². The van der Waals surface area contributed by atoms with Gasteiger partial charge in [0.2, 0.25) is 5.91 Å². The Balaban J connectivity index is 1.49. The number of piperazine rings is 1. The number of carbonyl (C=O) groups excluding carboxylic acids is 2. The minimum absolute atomic E-state index is 0.0123. The van der Waals surface area contributed by atoms with Crippen LogP contribution in [0.15, 0.2) is 36.4 Å². The summed E-state index contributed by atoms with van der Waals surface area (Å²) >= 11 is 0. The first-order valence-electron chi connectivity index (χ1n) is 9.36. The van der Waals surface area contributed by atoms with Crippen LogP contribution in [0.3, 0.4) is 0 Å². The second-order valence-electron chi connectivity index (χ2n) is 7.33. The zero-order chi connectivity index (χ0) is 19.0. The lowest BCUT2D eigenvalue weighted by Crippen LogP contribution is -2.55. The SMILES string of the molecule is CN(C(=O)c1ccc2ccccc2n1)[C@@H]1CC[C@@H](N2CCNC(=O)C2)[C@@H]1O. The zero-order valence-corrected chi connectivity index (χ0v) is 15.3. The number of benzene rings is 1. The van der Waals surface area contributed by atoms with Crippen molar-refractivity contribution >= 4 is 22.7 Å². The van der Waals surface area contributed by atoms with Gasteiger partial charge in [0.1, 0.15) is 5.69 Å². The van der Waals surface area contributed by atoms with Gasteiger partial charge in [0.25, 0.3) is 5.91 Å². The molecule has 7 heteroatoms. The van der Waals surface area contributed by atoms with Gasteiger partial charge in [0.15, 0.2) is 0 Å². The molecule has 0 radical (unpaired) electrons. The smallest absolute Gasteiger partial charge is 0.272 e. The molecule has 4 rings (SSSR count). The summed E-state index contributed by atoms with van der Waals surface area (Å²) in [5.41, 5.74) is 1.16. The fraction of sp³-hybridized carbons (Fsp3) is 0.450. The number of aliphatic hydroxyl groups is 1. The zero-order valence-electron chi connectivity index (χ0n) is 15.3. The third-order valence-electron chi connectivity index (χ3n) is 5.72. The molecule has 27 heavy (non-hydrogen) atoms. The van der Waals surface area contributed by atoms with E-state index in [-0.39, 0.29) is 23.9 Å². The average molecular weight is 368 g/mol. The number of hydrogen-bond donors (Lipinski definition) is 2. The molecule has 142 valence electrons. The number of aromatic nitrogens is 1. The summed E-state index contributed by atoms with van der Waals surface area (Å²) in [6, 6.07) is 10.9. The van der Waals surface area contributed by atoms with Crippen LogP contribution in [0.25, 0.3) is 10.9 Å². The van der Waals surface area contributed by atoms with Crippen molar-refractivity contribution in [3.8, 4) is 0 Å². The van der Waals surface area contributed by atoms with E-state index < -0.39 is 6.10 Å². The molecule has 2 N–H and O–H groups in total. The molecule has 2 heterocycles. The molecule has 1 aromatic heterocycles. The van der Waals surface area contributed by atoms with Crippen molar-refractivity contribution in [2.24, 2.45) is 0 Å². The largest absolute Gasteiger partial charge is 0.389 e. The Hall–Kier alpha value is -2.51. The maximum absolute atomic E-state index is 12.9. The van der Waals surface area contributed by atoms with Gasteiger partial charge in [-0.2, -0.15) is 0 Å². The molecule has 0 spiro atoms. The Morgan fingerprint density at radius 3 is 2.89 bits per heavy atom. The molecule has 2 aromatic rings. The lowest BCUT2D eigenvalue weighted by molar-refractivity contribution is -0.125. The van der Waals surface area contributed by atoms with Gasteiger partial charge >= 0.3 is 0 Å². The molecule has 2 fully saturated rings. The molecule has 1 aromatic carbocycles. The monoisotopic (exact) mass is 368 g/mol. The second kappa shape index (κ2) is 7.25. The highest BCUT2D eigenvalue weighted by Gasteiger charge is 2.42. The van der Waals surface area contributed by atoms with Crippen molar-refractivity contribution < 1.29 is 14.7 Å². The number of para-hydroxylation sites is 1. The number of nitrogens with zero attached hydrogens (tertiary/aromatic N) is 3. The lowest BCUT2D eigenvalue weighted by atomic mass is 10.1. The minimum Gasteiger partial charge on any atom is -0.389 e. The number of fused-ring (bicyclic) bond motifs is 1. The highest BCUT2D eigenvalue weighted by molar-refractivity contribution is 5.95. The Morgan fingerprint density at radius 1 is 1.26 bits per heavy atom. The standard InChI is InChI=1S/C20H24N4O3/c1-23(20(27)15-7-6-13-4-2-3-5-14(13)22-15)16-8-9-17(19(16)26)24-11-10-21-18(25)12-24/h2-7,16-17,19,26H,8-12H2,1H3,(H,21,25)/t16-,17-,19-/m1/s1. The van der Waals surface area contributed by atoms with Gasteiger partial charge in [0, 0.05) is 31.6 Å². The average Bonchev–Trinajstić information content (AvgIpc) is 3.08. The van der Waals surface area contributed by atoms with Crippen molar-refractivity contribution in [3.63, 3.8) is 0 Å². The quantitative estimate of drug-likeness (QED) is 0.830. The molecule has 1 saturated carbocycles. The number of rotatable bonds is 3. The number of likely N-dealkylation sites (N-methyl/N-ethyl adjacent to an activating group) is 1. The molecule has 3 atom stereocenters. The van der Waals surface area contributed by atoms with Gasteiger partial charge in [-0.1, -0.05) is 24.3 Å². The first-order valence-corrected chi connectivity index (χ1v) is 9.36. The van der Waals surface area contributed by atoms with E-state index in [0.717, 1.165) is 23.9 Å². The molecular formula is C20H24N4O3. The summed E-state index contributed by atoms with van der Waals surface area (Å²) in [6.07, 6.45) is 0.798. The number of aliphatic hydroxyl groups excluding tert-OH is 1. The molecular weight excluding hydrogens is 344 g/mol. The maximum Gasteiger partial charge on any atom is 0.272 e. The number of nitrogens with one attached hydrogen (secondary N) is 1. The van der Waals surface area contributed by atoms with E-state index in [0.29, 0.717) is 25.2 Å². The maximum atomic E-state index is 12.9. The summed E-state index contributed by atoms with van der Waals surface area (Å²) in [6.45, 7) is 1.63. The first kappa shape index (κ1) is 17.9. The third-order valence-corrected chi connectivity index (χ3v) is 5.72. The van der Waals surface area contributed by atoms with E-state index in [1.165, 1.54) is 0 Å². The normalized spacial score (nSPS) is 26.1. The van der Waals surface area contributed by atoms with Gasteiger partial charge in [-0.25, -0.2) is 4.98 Å². The van der Waals surface area contributed by atoms with Crippen molar-refractivity contribution in [2.45, 2.75) is 31.0 Å². The van der Waals surface area contributed by atoms with Gasteiger partial charge in [-0.3, -0.25) is 14.5 Å². The molecule has 2 aliphatic rings. The van der Waals surface area contributed by atoms with Crippen LogP contribution in [0.5, 0.6) is 0 Å². The van der Waals surface area contributed by atoms with Crippen LogP contribution >= 0.6 is 0 Å². The van der Waals surface area contributed by atoms with Gasteiger partial charge < -0.3 is 15.3 Å². The second-order valence-corrected chi connectivity index (χ2v) is 7.33. The van der Waals surface area contributed by atoms with Crippen molar-refractivity contribution in [2.75, 3.05) is 26.7 Å². The fourth-order valence-corrected chi connectivity index (χ4v) is 4.22. The molecule has 1 saturated heterocycles. The summed E-state index contributed by atoms with van der Waals surface area (Å²) in [5.74, 6) is -0.205. The lowest BCUT2D eigenvalue weighted by Gasteiger charge is -2.35. The van der Waals surface area contributed by atoms with Crippen molar-refractivity contribution in [1.82, 2.24) is 20.1 Å². The van der Waals surface area contributed by atoms with Crippen LogP contribution in [0.1, 0.15) is 23.3 Å². The van der Waals surface area contributed by atoms with E-state index in [4.69, 9.17) is 0 Å². The molecule has 1 aliphatic heterocycles. The first-order chi connectivity index (χ1) is 13.0. The van der Waals surface area contributed by atoms with Crippen LogP contribution < -0.4 is 5.32 Å². The van der Waals surface area contributed by atoms with Crippen LogP contribution in [-0.2, 0) is 4.79 Å². The third kappa shape index (κ3) is 3.40. The predicted molar refractivity (Wildman–Crippen MR) is 101 cm³/mol. The Bertz CT molecular complexity index is 871. The summed E-state index contributed by atoms with van der Waals surface area (Å²) in [5, 5.41) is 14.6. The highest BCUT2D eigenvalue weighted by Crippen LogP contribution is 2.29. The number of amides is 2. The molecule has 2 amide bonds. The van der Waals surface area contributed by atoms with E-state index in [2.05, 4.69) is 10.3 Å². The molecule has 1 aliphatic carbocycles. The number of hydrogen-bond acceptors (Lipinski definition) is 5. The van der Waals surface area contributed by atoms with Crippen LogP contribution in [-0.4, -0.2) is 76.6 Å². The summed E-state index contributed by atoms with van der Waals surface area (Å²) in [7, 11) is 1.72. The number of pyridine rings is 1. The Labute approximate surface area is 158 Å². The highest BCUT2D eigenvalue weighted by atomic mass is 16.3. The van der Waals surface area contributed by atoms with Crippen molar-refractivity contribution in [3.05, 3.63) is 42.1 Å². The summed E-state index contributed by atoms with van der Waals surface area (Å²) < 4.78 is 0. The van der Waals surface area contributed by atoms with Crippen molar-refractivity contribution in [1.29, 1.82) is 0 Å². The van der Waals surface area contributed by atoms with Gasteiger partial charge in [-0.15, -0.1) is 0 Å². The van der Waals surface area contributed by atoms with E-state index in [1.54, 1.807) is 18.0 Å². The van der Waals surface area contributed by atoms with E-state index >= 15 is 0 Å². The van der Waals surface area contributed by atoms with Crippen LogP contribution in [0, 0.1) is 0 Å². The summed E-state index contributed by atoms with van der Waals surface area (Å²) in [4.78, 5) is 32.7. The molecule has 7 nitrogen and oxygen atoms in total.